The van der Waals surface area contributed by atoms with Gasteiger partial charge in [-0.25, -0.2) is 0 Å². The topological polar surface area (TPSA) is 32.3 Å². The number of nitrogens with zero attached hydrogens (tertiary/aromatic N) is 1. The van der Waals surface area contributed by atoms with Gasteiger partial charge in [0.25, 0.3) is 0 Å². The zero-order chi connectivity index (χ0) is 14.7. The number of hydrogen-bond acceptors (Lipinski definition) is 3. The van der Waals surface area contributed by atoms with E-state index >= 15 is 0 Å². The van der Waals surface area contributed by atoms with Gasteiger partial charge in [0.1, 0.15) is 0 Å². The Morgan fingerprint density at radius 2 is 2.24 bits per heavy atom. The number of carbonyl (C=O) groups excluding carboxylic acids is 1. The predicted octanol–water partition coefficient (Wildman–Crippen LogP) is 3.33. The van der Waals surface area contributed by atoms with E-state index in [-0.39, 0.29) is 5.91 Å². The number of piperidine rings is 1. The van der Waals surface area contributed by atoms with Crippen LogP contribution in [0.15, 0.2) is 12.1 Å². The van der Waals surface area contributed by atoms with Crippen LogP contribution in [0.2, 0.25) is 0 Å². The second-order valence-electron chi connectivity index (χ2n) is 6.64. The van der Waals surface area contributed by atoms with E-state index in [1.165, 1.54) is 42.0 Å². The number of thiophene rings is 1. The Bertz CT molecular complexity index is 481. The first-order chi connectivity index (χ1) is 10.2. The van der Waals surface area contributed by atoms with Crippen LogP contribution in [0, 0.1) is 12.8 Å². The molecule has 2 heterocycles. The number of rotatable bonds is 6. The molecule has 1 saturated heterocycles. The van der Waals surface area contributed by atoms with E-state index in [4.69, 9.17) is 0 Å². The van der Waals surface area contributed by atoms with Crippen LogP contribution >= 0.6 is 11.3 Å². The molecule has 4 heteroatoms. The predicted molar refractivity (Wildman–Crippen MR) is 87.5 cm³/mol. The summed E-state index contributed by atoms with van der Waals surface area (Å²) in [6, 6.07) is 4.97. The molecule has 0 radical (unpaired) electrons. The fourth-order valence-corrected chi connectivity index (χ4v) is 4.12. The number of amides is 1. The van der Waals surface area contributed by atoms with Crippen LogP contribution in [0.3, 0.4) is 0 Å². The molecule has 1 aromatic rings. The van der Waals surface area contributed by atoms with E-state index in [0.717, 1.165) is 19.5 Å². The summed E-state index contributed by atoms with van der Waals surface area (Å²) in [6.07, 6.45) is 6.70. The Labute approximate surface area is 131 Å². The quantitative estimate of drug-likeness (QED) is 0.874. The maximum Gasteiger partial charge on any atom is 0.220 e. The van der Waals surface area contributed by atoms with Gasteiger partial charge in [-0.15, -0.1) is 11.3 Å². The fraction of sp³-hybridized carbons (Fsp3) is 0.706. The average Bonchev–Trinajstić information content (AvgIpc) is 3.18. The van der Waals surface area contributed by atoms with Crippen molar-refractivity contribution in [3.63, 3.8) is 0 Å². The van der Waals surface area contributed by atoms with Crippen molar-refractivity contribution in [2.24, 2.45) is 5.92 Å². The Morgan fingerprint density at radius 1 is 1.38 bits per heavy atom. The molecule has 1 amide bonds. The SMILES string of the molecule is Cc1ccc(CN2CCC[C@H](CCC(=O)NC3CC3)C2)s1. The highest BCUT2D eigenvalue weighted by atomic mass is 32.1. The van der Waals surface area contributed by atoms with E-state index in [1.54, 1.807) is 0 Å². The highest BCUT2D eigenvalue weighted by Crippen LogP contribution is 2.25. The van der Waals surface area contributed by atoms with E-state index < -0.39 is 0 Å². The lowest BCUT2D eigenvalue weighted by Gasteiger charge is -2.32. The first kappa shape index (κ1) is 15.0. The molecule has 21 heavy (non-hydrogen) atoms. The molecule has 0 unspecified atom stereocenters. The van der Waals surface area contributed by atoms with Gasteiger partial charge in [-0.3, -0.25) is 9.69 Å². The van der Waals surface area contributed by atoms with Gasteiger partial charge >= 0.3 is 0 Å². The normalized spacial score (nSPS) is 23.2. The van der Waals surface area contributed by atoms with Crippen LogP contribution in [0.4, 0.5) is 0 Å². The van der Waals surface area contributed by atoms with Crippen molar-refractivity contribution in [1.82, 2.24) is 10.2 Å². The minimum atomic E-state index is 0.267. The molecule has 3 rings (SSSR count). The van der Waals surface area contributed by atoms with Crippen molar-refractivity contribution in [2.45, 2.75) is 58.0 Å². The summed E-state index contributed by atoms with van der Waals surface area (Å²) < 4.78 is 0. The van der Waals surface area contributed by atoms with Gasteiger partial charge in [0, 0.05) is 35.3 Å². The summed E-state index contributed by atoms with van der Waals surface area (Å²) in [5.41, 5.74) is 0. The van der Waals surface area contributed by atoms with E-state index in [0.29, 0.717) is 18.4 Å². The third-order valence-electron chi connectivity index (χ3n) is 4.50. The number of aryl methyl sites for hydroxylation is 1. The number of hydrogen-bond donors (Lipinski definition) is 1. The van der Waals surface area contributed by atoms with Gasteiger partial charge < -0.3 is 5.32 Å². The first-order valence-electron chi connectivity index (χ1n) is 8.26. The van der Waals surface area contributed by atoms with Crippen molar-refractivity contribution in [3.05, 3.63) is 21.9 Å². The molecule has 1 saturated carbocycles. The summed E-state index contributed by atoms with van der Waals surface area (Å²) in [4.78, 5) is 17.2. The highest BCUT2D eigenvalue weighted by molar-refractivity contribution is 7.11. The molecule has 0 spiro atoms. The second-order valence-corrected chi connectivity index (χ2v) is 8.01. The van der Waals surface area contributed by atoms with Crippen LogP contribution in [0.1, 0.15) is 48.3 Å². The lowest BCUT2D eigenvalue weighted by atomic mass is 9.93. The van der Waals surface area contributed by atoms with Crippen LogP contribution in [0.25, 0.3) is 0 Å². The van der Waals surface area contributed by atoms with Crippen LogP contribution in [-0.4, -0.2) is 29.9 Å². The summed E-state index contributed by atoms with van der Waals surface area (Å²) in [5.74, 6) is 0.966. The summed E-state index contributed by atoms with van der Waals surface area (Å²) in [5, 5.41) is 3.10. The second kappa shape index (κ2) is 6.93. The average molecular weight is 306 g/mol. The molecular formula is C17H26N2OS. The van der Waals surface area contributed by atoms with E-state index in [1.807, 2.05) is 11.3 Å². The van der Waals surface area contributed by atoms with Gasteiger partial charge in [-0.2, -0.15) is 0 Å². The van der Waals surface area contributed by atoms with E-state index in [9.17, 15) is 4.79 Å². The fourth-order valence-electron chi connectivity index (χ4n) is 3.18. The van der Waals surface area contributed by atoms with E-state index in [2.05, 4.69) is 29.3 Å². The van der Waals surface area contributed by atoms with Crippen LogP contribution in [0.5, 0.6) is 0 Å². The molecular weight excluding hydrogens is 280 g/mol. The Kier molecular flexibility index (Phi) is 4.96. The first-order valence-corrected chi connectivity index (χ1v) is 9.08. The van der Waals surface area contributed by atoms with Gasteiger partial charge in [-0.05, 0) is 63.6 Å². The molecule has 0 aromatic carbocycles. The summed E-state index contributed by atoms with van der Waals surface area (Å²) in [7, 11) is 0. The maximum absolute atomic E-state index is 11.8. The Hall–Kier alpha value is -0.870. The molecule has 1 N–H and O–H groups in total. The van der Waals surface area contributed by atoms with Gasteiger partial charge in [0.05, 0.1) is 0 Å². The van der Waals surface area contributed by atoms with Crippen molar-refractivity contribution in [2.75, 3.05) is 13.1 Å². The van der Waals surface area contributed by atoms with Gasteiger partial charge in [-0.1, -0.05) is 0 Å². The van der Waals surface area contributed by atoms with Gasteiger partial charge in [0.15, 0.2) is 0 Å². The zero-order valence-electron chi connectivity index (χ0n) is 12.9. The standard InChI is InChI=1S/C17H26N2OS/c1-13-4-8-16(21-13)12-19-10-2-3-14(11-19)5-9-17(20)18-15-6-7-15/h4,8,14-15H,2-3,5-7,9-12H2,1H3,(H,18,20)/t14-/m1/s1. The van der Waals surface area contributed by atoms with Crippen LogP contribution < -0.4 is 5.32 Å². The number of carbonyl (C=O) groups is 1. The minimum Gasteiger partial charge on any atom is -0.353 e. The van der Waals surface area contributed by atoms with Crippen molar-refractivity contribution < 1.29 is 4.79 Å². The Morgan fingerprint density at radius 3 is 2.95 bits per heavy atom. The molecule has 0 bridgehead atoms. The summed E-state index contributed by atoms with van der Waals surface area (Å²) >= 11 is 1.91. The molecule has 1 aliphatic carbocycles. The lowest BCUT2D eigenvalue weighted by Crippen LogP contribution is -2.35. The maximum atomic E-state index is 11.8. The zero-order valence-corrected chi connectivity index (χ0v) is 13.8. The highest BCUT2D eigenvalue weighted by Gasteiger charge is 2.24. The van der Waals surface area contributed by atoms with Crippen molar-refractivity contribution in [3.8, 4) is 0 Å². The molecule has 1 atom stereocenters. The smallest absolute Gasteiger partial charge is 0.220 e. The number of likely N-dealkylation sites (tertiary alicyclic amines) is 1. The monoisotopic (exact) mass is 306 g/mol. The molecule has 2 aliphatic rings. The minimum absolute atomic E-state index is 0.267. The van der Waals surface area contributed by atoms with Gasteiger partial charge in [0.2, 0.25) is 5.91 Å². The molecule has 116 valence electrons. The molecule has 3 nitrogen and oxygen atoms in total. The van der Waals surface area contributed by atoms with Crippen LogP contribution in [-0.2, 0) is 11.3 Å². The number of nitrogens with one attached hydrogen (secondary N) is 1. The lowest BCUT2D eigenvalue weighted by molar-refractivity contribution is -0.121. The largest absolute Gasteiger partial charge is 0.353 e. The van der Waals surface area contributed by atoms with Crippen molar-refractivity contribution in [1.29, 1.82) is 0 Å². The molecule has 1 aliphatic heterocycles. The Balaban J connectivity index is 1.41. The molecule has 1 aromatic heterocycles. The van der Waals surface area contributed by atoms with Crippen molar-refractivity contribution >= 4 is 17.2 Å². The summed E-state index contributed by atoms with van der Waals surface area (Å²) in [6.45, 7) is 5.63. The third kappa shape index (κ3) is 4.82. The molecule has 2 fully saturated rings. The third-order valence-corrected chi connectivity index (χ3v) is 5.49.